The number of esters is 1. The number of carboxylic acid groups (broad SMARTS) is 1. The minimum atomic E-state index is -5.08. The first-order valence-electron chi connectivity index (χ1n) is 7.83. The van der Waals surface area contributed by atoms with Gasteiger partial charge in [-0.1, -0.05) is 0 Å². The molecule has 3 rings (SSSR count). The molecule has 1 aliphatic heterocycles. The third-order valence-corrected chi connectivity index (χ3v) is 4.01. The summed E-state index contributed by atoms with van der Waals surface area (Å²) in [6, 6.07) is 3.13. The highest BCUT2D eigenvalue weighted by atomic mass is 19.4. The predicted molar refractivity (Wildman–Crippen MR) is 86.0 cm³/mol. The fourth-order valence-electron chi connectivity index (χ4n) is 2.70. The number of benzene rings is 1. The summed E-state index contributed by atoms with van der Waals surface area (Å²) >= 11 is 0. The van der Waals surface area contributed by atoms with Gasteiger partial charge in [0.15, 0.2) is 0 Å². The molecule has 11 heteroatoms. The number of carbonyl (C=O) groups is 2. The van der Waals surface area contributed by atoms with Crippen LogP contribution in [-0.4, -0.2) is 53.2 Å². The van der Waals surface area contributed by atoms with Crippen molar-refractivity contribution in [1.82, 2.24) is 15.1 Å². The number of nitrogens with one attached hydrogen (secondary N) is 1. The molecule has 1 fully saturated rings. The Labute approximate surface area is 150 Å². The van der Waals surface area contributed by atoms with E-state index in [0.29, 0.717) is 0 Å². The number of alkyl halides is 3. The van der Waals surface area contributed by atoms with Crippen molar-refractivity contribution in [3.8, 4) is 0 Å². The summed E-state index contributed by atoms with van der Waals surface area (Å²) in [5.41, 5.74) is 1.46. The molecule has 0 aliphatic carbocycles. The molecule has 0 spiro atoms. The highest BCUT2D eigenvalue weighted by Crippen LogP contribution is 2.27. The summed E-state index contributed by atoms with van der Waals surface area (Å²) < 4.78 is 52.3. The number of ether oxygens (including phenoxy) is 1. The van der Waals surface area contributed by atoms with Crippen molar-refractivity contribution >= 4 is 22.8 Å². The molecule has 1 aromatic heterocycles. The summed E-state index contributed by atoms with van der Waals surface area (Å²) in [4.78, 5) is 20.4. The lowest BCUT2D eigenvalue weighted by Crippen LogP contribution is -2.21. The number of methoxy groups -OCH3 is 1. The van der Waals surface area contributed by atoms with Crippen LogP contribution >= 0.6 is 0 Å². The van der Waals surface area contributed by atoms with Crippen LogP contribution < -0.4 is 5.32 Å². The number of rotatable bonds is 2. The maximum Gasteiger partial charge on any atom is 0.490 e. The van der Waals surface area contributed by atoms with Crippen LogP contribution in [0.25, 0.3) is 10.9 Å². The maximum absolute atomic E-state index is 14.1. The van der Waals surface area contributed by atoms with Crippen molar-refractivity contribution in [2.45, 2.75) is 25.6 Å². The molecular weight excluding hydrogens is 374 g/mol. The number of hydrogen-bond donors (Lipinski definition) is 2. The van der Waals surface area contributed by atoms with Gasteiger partial charge in [0.1, 0.15) is 5.82 Å². The van der Waals surface area contributed by atoms with Gasteiger partial charge in [0.05, 0.1) is 29.9 Å². The van der Waals surface area contributed by atoms with Gasteiger partial charge >= 0.3 is 18.1 Å². The van der Waals surface area contributed by atoms with E-state index < -0.39 is 23.9 Å². The smallest absolute Gasteiger partial charge is 0.475 e. The molecule has 0 saturated carbocycles. The zero-order valence-corrected chi connectivity index (χ0v) is 14.4. The Balaban J connectivity index is 0.000000321. The zero-order valence-electron chi connectivity index (χ0n) is 14.4. The number of fused-ring (bicyclic) bond motifs is 1. The van der Waals surface area contributed by atoms with Gasteiger partial charge in [-0.05, 0) is 26.0 Å². The van der Waals surface area contributed by atoms with Crippen molar-refractivity contribution in [3.05, 3.63) is 29.2 Å². The second-order valence-electron chi connectivity index (χ2n) is 5.82. The van der Waals surface area contributed by atoms with Crippen LogP contribution in [0.15, 0.2) is 12.1 Å². The lowest BCUT2D eigenvalue weighted by atomic mass is 10.1. The second kappa shape index (κ2) is 7.91. The minimum absolute atomic E-state index is 0.0489. The van der Waals surface area contributed by atoms with Crippen LogP contribution in [0.1, 0.15) is 28.5 Å². The molecule has 1 atom stereocenters. The monoisotopic (exact) mass is 391 g/mol. The Kier molecular flexibility index (Phi) is 6.04. The van der Waals surface area contributed by atoms with Crippen molar-refractivity contribution in [2.24, 2.45) is 0 Å². The Morgan fingerprint density at radius 2 is 2.00 bits per heavy atom. The molecule has 0 bridgehead atoms. The number of aliphatic carboxylic acids is 1. The van der Waals surface area contributed by atoms with Crippen LogP contribution in [0.2, 0.25) is 0 Å². The molecule has 0 amide bonds. The average molecular weight is 391 g/mol. The van der Waals surface area contributed by atoms with E-state index in [9.17, 15) is 22.4 Å². The third kappa shape index (κ3) is 4.54. The van der Waals surface area contributed by atoms with Gasteiger partial charge in [-0.15, -0.1) is 0 Å². The van der Waals surface area contributed by atoms with Gasteiger partial charge in [0.2, 0.25) is 0 Å². The lowest BCUT2D eigenvalue weighted by molar-refractivity contribution is -0.192. The van der Waals surface area contributed by atoms with Gasteiger partial charge in [0, 0.05) is 18.0 Å². The molecule has 148 valence electrons. The van der Waals surface area contributed by atoms with Gasteiger partial charge < -0.3 is 15.2 Å². The fourth-order valence-corrected chi connectivity index (χ4v) is 2.70. The van der Waals surface area contributed by atoms with E-state index in [0.717, 1.165) is 36.1 Å². The summed E-state index contributed by atoms with van der Waals surface area (Å²) in [5.74, 6) is -4.00. The standard InChI is InChI=1S/C14H16FN3O2.C2HF3O2/c1-8-10-5-11(14(19)20-2)12(15)6-13(10)18(17-8)9-3-4-16-7-9;3-2(4,5)1(6)7/h5-6,9,16H,3-4,7H2,1-2H3;(H,6,7)/t9-;/m1./s1. The second-order valence-corrected chi connectivity index (χ2v) is 5.82. The summed E-state index contributed by atoms with van der Waals surface area (Å²) in [6.45, 7) is 3.63. The number of halogens is 4. The van der Waals surface area contributed by atoms with Gasteiger partial charge in [-0.25, -0.2) is 14.0 Å². The topological polar surface area (TPSA) is 93.5 Å². The quantitative estimate of drug-likeness (QED) is 0.603. The molecule has 2 N–H and O–H groups in total. The molecule has 27 heavy (non-hydrogen) atoms. The zero-order chi connectivity index (χ0) is 20.4. The highest BCUT2D eigenvalue weighted by Gasteiger charge is 2.38. The minimum Gasteiger partial charge on any atom is -0.475 e. The fraction of sp³-hybridized carbons (Fsp3) is 0.438. The number of aromatic nitrogens is 2. The van der Waals surface area contributed by atoms with Crippen molar-refractivity contribution in [3.63, 3.8) is 0 Å². The lowest BCUT2D eigenvalue weighted by Gasteiger charge is -2.11. The molecule has 0 unspecified atom stereocenters. The normalized spacial score (nSPS) is 16.7. The van der Waals surface area contributed by atoms with Crippen LogP contribution in [0.5, 0.6) is 0 Å². The maximum atomic E-state index is 14.1. The van der Waals surface area contributed by atoms with Gasteiger partial charge in [0.25, 0.3) is 0 Å². The van der Waals surface area contributed by atoms with E-state index in [2.05, 4.69) is 15.2 Å². The van der Waals surface area contributed by atoms with E-state index in [4.69, 9.17) is 9.90 Å². The third-order valence-electron chi connectivity index (χ3n) is 4.01. The molecule has 1 aromatic carbocycles. The molecular formula is C16H17F4N3O4. The van der Waals surface area contributed by atoms with Crippen LogP contribution in [0.4, 0.5) is 17.6 Å². The first kappa shape index (κ1) is 20.6. The Morgan fingerprint density at radius 1 is 1.37 bits per heavy atom. The largest absolute Gasteiger partial charge is 0.490 e. The number of aryl methyl sites for hydroxylation is 1. The van der Waals surface area contributed by atoms with Crippen molar-refractivity contribution in [2.75, 3.05) is 20.2 Å². The predicted octanol–water partition coefficient (Wildman–Crippen LogP) is 2.44. The first-order chi connectivity index (χ1) is 12.6. The van der Waals surface area contributed by atoms with Crippen molar-refractivity contribution < 1.29 is 37.0 Å². The van der Waals surface area contributed by atoms with Crippen LogP contribution in [0, 0.1) is 12.7 Å². The van der Waals surface area contributed by atoms with E-state index in [-0.39, 0.29) is 11.6 Å². The van der Waals surface area contributed by atoms with Gasteiger partial charge in [-0.3, -0.25) is 4.68 Å². The number of nitrogens with zero attached hydrogens (tertiary/aromatic N) is 2. The molecule has 2 aromatic rings. The molecule has 1 aliphatic rings. The number of carboxylic acids is 1. The van der Waals surface area contributed by atoms with Crippen molar-refractivity contribution in [1.29, 1.82) is 0 Å². The first-order valence-corrected chi connectivity index (χ1v) is 7.83. The molecule has 7 nitrogen and oxygen atoms in total. The number of carbonyl (C=O) groups excluding carboxylic acids is 1. The van der Waals surface area contributed by atoms with Gasteiger partial charge in [-0.2, -0.15) is 18.3 Å². The summed E-state index contributed by atoms with van der Waals surface area (Å²) in [7, 11) is 1.24. The SMILES string of the molecule is COC(=O)c1cc2c(C)nn([C@@H]3CCNC3)c2cc1F.O=C(O)C(F)(F)F. The molecule has 0 radical (unpaired) electrons. The Bertz CT molecular complexity index is 857. The number of hydrogen-bond acceptors (Lipinski definition) is 5. The highest BCUT2D eigenvalue weighted by molar-refractivity contribution is 5.95. The van der Waals surface area contributed by atoms with Crippen LogP contribution in [-0.2, 0) is 9.53 Å². The average Bonchev–Trinajstić information content (AvgIpc) is 3.21. The Hall–Kier alpha value is -2.69. The van der Waals surface area contributed by atoms with E-state index in [1.807, 2.05) is 11.6 Å². The molecule has 2 heterocycles. The summed E-state index contributed by atoms with van der Waals surface area (Å²) in [5, 5.41) is 15.7. The van der Waals surface area contributed by atoms with E-state index >= 15 is 0 Å². The van der Waals surface area contributed by atoms with Crippen LogP contribution in [0.3, 0.4) is 0 Å². The molecule has 1 saturated heterocycles. The van der Waals surface area contributed by atoms with E-state index in [1.54, 1.807) is 0 Å². The summed E-state index contributed by atoms with van der Waals surface area (Å²) in [6.07, 6.45) is -4.11. The van der Waals surface area contributed by atoms with E-state index in [1.165, 1.54) is 19.2 Å². The Morgan fingerprint density at radius 3 is 2.48 bits per heavy atom.